The molecule has 0 aliphatic heterocycles. The number of nitrogens with zero attached hydrogens (tertiary/aromatic N) is 1. The SMILES string of the molecule is CC=CC=C[C](OCc1ccccc1)[N+](=O)[O-]. The molecule has 0 N–H and O–H groups in total. The van der Waals surface area contributed by atoms with Gasteiger partial charge in [-0.1, -0.05) is 48.6 Å². The molecule has 4 nitrogen and oxygen atoms in total. The summed E-state index contributed by atoms with van der Waals surface area (Å²) in [5.74, 6) is 0. The Morgan fingerprint density at radius 3 is 2.65 bits per heavy atom. The van der Waals surface area contributed by atoms with Crippen LogP contribution in [0.3, 0.4) is 0 Å². The largest absolute Gasteiger partial charge is 0.446 e. The molecule has 0 aliphatic rings. The lowest BCUT2D eigenvalue weighted by Gasteiger charge is -2.03. The van der Waals surface area contributed by atoms with Crippen LogP contribution in [0.5, 0.6) is 0 Å². The van der Waals surface area contributed by atoms with Gasteiger partial charge in [-0.3, -0.25) is 14.9 Å². The molecular formula is C13H14NO3. The molecule has 17 heavy (non-hydrogen) atoms. The van der Waals surface area contributed by atoms with Gasteiger partial charge in [0.25, 0.3) is 0 Å². The van der Waals surface area contributed by atoms with Crippen LogP contribution in [0, 0.1) is 16.3 Å². The van der Waals surface area contributed by atoms with E-state index in [0.29, 0.717) is 0 Å². The Balaban J connectivity index is 2.53. The van der Waals surface area contributed by atoms with Crippen LogP contribution in [0.1, 0.15) is 12.5 Å². The van der Waals surface area contributed by atoms with Gasteiger partial charge in [-0.05, 0) is 12.5 Å². The number of benzene rings is 1. The third kappa shape index (κ3) is 5.08. The van der Waals surface area contributed by atoms with Gasteiger partial charge in [-0.15, -0.1) is 0 Å². The van der Waals surface area contributed by atoms with Gasteiger partial charge in [0, 0.05) is 6.08 Å². The highest BCUT2D eigenvalue weighted by Crippen LogP contribution is 2.10. The number of allylic oxidation sites excluding steroid dienone is 3. The minimum atomic E-state index is -0.539. The van der Waals surface area contributed by atoms with Crippen LogP contribution in [0.25, 0.3) is 0 Å². The van der Waals surface area contributed by atoms with Gasteiger partial charge < -0.3 is 0 Å². The maximum atomic E-state index is 10.7. The van der Waals surface area contributed by atoms with Crippen molar-refractivity contribution in [2.75, 3.05) is 0 Å². The minimum Gasteiger partial charge on any atom is -0.298 e. The standard InChI is InChI=1S/C13H14NO3/c1-2-3-5-10-13(14(15)16)17-11-12-8-6-4-7-9-12/h2-10H,11H2,1H3. The molecule has 0 saturated carbocycles. The van der Waals surface area contributed by atoms with E-state index in [2.05, 4.69) is 0 Å². The second-order valence-electron chi connectivity index (χ2n) is 3.25. The summed E-state index contributed by atoms with van der Waals surface area (Å²) in [7, 11) is 0. The van der Waals surface area contributed by atoms with E-state index in [1.807, 2.05) is 37.3 Å². The van der Waals surface area contributed by atoms with E-state index in [1.54, 1.807) is 18.2 Å². The average Bonchev–Trinajstić information content (AvgIpc) is 2.34. The van der Waals surface area contributed by atoms with Crippen molar-refractivity contribution in [2.45, 2.75) is 13.5 Å². The fourth-order valence-corrected chi connectivity index (χ4v) is 1.14. The first kappa shape index (κ1) is 13.1. The zero-order valence-electron chi connectivity index (χ0n) is 9.58. The van der Waals surface area contributed by atoms with Gasteiger partial charge in [0.1, 0.15) is 0 Å². The Morgan fingerprint density at radius 1 is 1.35 bits per heavy atom. The maximum Gasteiger partial charge on any atom is 0.446 e. The highest BCUT2D eigenvalue weighted by atomic mass is 16.7. The van der Waals surface area contributed by atoms with Crippen molar-refractivity contribution >= 4 is 0 Å². The van der Waals surface area contributed by atoms with E-state index < -0.39 is 4.92 Å². The molecule has 0 unspecified atom stereocenters. The van der Waals surface area contributed by atoms with Crippen LogP contribution in [-0.4, -0.2) is 4.92 Å². The maximum absolute atomic E-state index is 10.7. The van der Waals surface area contributed by atoms with Crippen molar-refractivity contribution < 1.29 is 9.66 Å². The second kappa shape index (κ2) is 7.35. The summed E-state index contributed by atoms with van der Waals surface area (Å²) in [6, 6.07) is 9.31. The third-order valence-electron chi connectivity index (χ3n) is 1.95. The van der Waals surface area contributed by atoms with E-state index in [4.69, 9.17) is 4.74 Å². The van der Waals surface area contributed by atoms with Gasteiger partial charge in [0.05, 0.1) is 11.5 Å². The lowest BCUT2D eigenvalue weighted by atomic mass is 10.2. The molecule has 0 fully saturated rings. The predicted octanol–water partition coefficient (Wildman–Crippen LogP) is 3.10. The highest BCUT2D eigenvalue weighted by Gasteiger charge is 2.20. The minimum absolute atomic E-state index is 0.192. The smallest absolute Gasteiger partial charge is 0.298 e. The molecular weight excluding hydrogens is 218 g/mol. The van der Waals surface area contributed by atoms with Crippen molar-refractivity contribution in [1.29, 1.82) is 0 Å². The molecule has 1 aromatic carbocycles. The molecule has 89 valence electrons. The number of hydrogen-bond donors (Lipinski definition) is 0. The fourth-order valence-electron chi connectivity index (χ4n) is 1.14. The van der Waals surface area contributed by atoms with Gasteiger partial charge in [0.15, 0.2) is 0 Å². The zero-order valence-corrected chi connectivity index (χ0v) is 9.58. The predicted molar refractivity (Wildman–Crippen MR) is 65.4 cm³/mol. The summed E-state index contributed by atoms with van der Waals surface area (Å²) in [4.78, 5) is 10.1. The van der Waals surface area contributed by atoms with Crippen LogP contribution in [-0.2, 0) is 11.3 Å². The molecule has 0 heterocycles. The first-order chi connectivity index (χ1) is 8.24. The van der Waals surface area contributed by atoms with E-state index in [1.165, 1.54) is 6.08 Å². The number of ether oxygens (including phenoxy) is 1. The monoisotopic (exact) mass is 232 g/mol. The molecule has 0 amide bonds. The second-order valence-corrected chi connectivity index (χ2v) is 3.25. The van der Waals surface area contributed by atoms with Crippen molar-refractivity contribution in [3.05, 3.63) is 76.5 Å². The van der Waals surface area contributed by atoms with Crippen molar-refractivity contribution in [3.8, 4) is 0 Å². The molecule has 0 bridgehead atoms. The van der Waals surface area contributed by atoms with Crippen LogP contribution in [0.4, 0.5) is 0 Å². The topological polar surface area (TPSA) is 52.4 Å². The van der Waals surface area contributed by atoms with Crippen molar-refractivity contribution in [2.24, 2.45) is 0 Å². The van der Waals surface area contributed by atoms with E-state index >= 15 is 0 Å². The summed E-state index contributed by atoms with van der Waals surface area (Å²) in [6.07, 6.45) is 6.14. The first-order valence-electron chi connectivity index (χ1n) is 5.21. The Bertz CT molecular complexity index is 398. The molecule has 0 saturated heterocycles. The Kier molecular flexibility index (Phi) is 5.68. The van der Waals surface area contributed by atoms with Crippen LogP contribution in [0.2, 0.25) is 0 Å². The van der Waals surface area contributed by atoms with E-state index in [9.17, 15) is 10.1 Å². The van der Waals surface area contributed by atoms with Gasteiger partial charge in [-0.2, -0.15) is 0 Å². The van der Waals surface area contributed by atoms with E-state index in [-0.39, 0.29) is 12.8 Å². The summed E-state index contributed by atoms with van der Waals surface area (Å²) >= 11 is 0. The van der Waals surface area contributed by atoms with Gasteiger partial charge >= 0.3 is 6.23 Å². The lowest BCUT2D eigenvalue weighted by Crippen LogP contribution is -2.11. The van der Waals surface area contributed by atoms with Gasteiger partial charge in [0.2, 0.25) is 0 Å². The van der Waals surface area contributed by atoms with Crippen LogP contribution >= 0.6 is 0 Å². The van der Waals surface area contributed by atoms with Gasteiger partial charge in [-0.25, -0.2) is 0 Å². The Morgan fingerprint density at radius 2 is 2.06 bits per heavy atom. The summed E-state index contributed by atoms with van der Waals surface area (Å²) < 4.78 is 5.13. The average molecular weight is 232 g/mol. The van der Waals surface area contributed by atoms with Crippen molar-refractivity contribution in [1.82, 2.24) is 0 Å². The Hall–Kier alpha value is -1.94. The fraction of sp³-hybridized carbons (Fsp3) is 0.154. The quantitative estimate of drug-likeness (QED) is 0.430. The molecule has 1 aromatic rings. The normalized spacial score (nSPS) is 11.6. The first-order valence-corrected chi connectivity index (χ1v) is 5.21. The summed E-state index contributed by atoms with van der Waals surface area (Å²) in [5.41, 5.74) is 0.895. The van der Waals surface area contributed by atoms with Crippen LogP contribution < -0.4 is 0 Å². The Labute approximate surface area is 100 Å². The number of nitro groups is 1. The molecule has 1 rings (SSSR count). The number of rotatable bonds is 6. The van der Waals surface area contributed by atoms with Crippen molar-refractivity contribution in [3.63, 3.8) is 0 Å². The molecule has 1 radical (unpaired) electrons. The molecule has 0 aromatic heterocycles. The molecule has 0 aliphatic carbocycles. The summed E-state index contributed by atoms with van der Waals surface area (Å²) in [5, 5.41) is 10.7. The lowest BCUT2D eigenvalue weighted by molar-refractivity contribution is -0.502. The molecule has 0 atom stereocenters. The van der Waals surface area contributed by atoms with Crippen LogP contribution in [0.15, 0.2) is 54.6 Å². The zero-order chi connectivity index (χ0) is 12.5. The summed E-state index contributed by atoms with van der Waals surface area (Å²) in [6.45, 7) is 2.03. The molecule has 0 spiro atoms. The highest BCUT2D eigenvalue weighted by molar-refractivity contribution is 5.14. The third-order valence-corrected chi connectivity index (χ3v) is 1.95. The van der Waals surface area contributed by atoms with E-state index in [0.717, 1.165) is 5.56 Å². The molecule has 4 heteroatoms. The number of hydrogen-bond acceptors (Lipinski definition) is 3.